The van der Waals surface area contributed by atoms with E-state index in [0.29, 0.717) is 13.0 Å². The summed E-state index contributed by atoms with van der Waals surface area (Å²) in [7, 11) is 1.56. The number of hydrazine groups is 1. The van der Waals surface area contributed by atoms with Crippen LogP contribution in [0.5, 0.6) is 0 Å². The first kappa shape index (κ1) is 25.6. The third-order valence-electron chi connectivity index (χ3n) is 7.81. The molecule has 40 heavy (non-hydrogen) atoms. The molecule has 3 aromatic carbocycles. The highest BCUT2D eigenvalue weighted by molar-refractivity contribution is 5.92. The molecular weight excluding hydrogens is 506 g/mol. The highest BCUT2D eigenvalue weighted by atomic mass is 16.3. The number of nitrogens with one attached hydrogen (secondary N) is 1. The second-order valence-corrected chi connectivity index (χ2v) is 10.2. The van der Waals surface area contributed by atoms with E-state index in [0.717, 1.165) is 32.9 Å². The minimum atomic E-state index is -0.717. The van der Waals surface area contributed by atoms with Crippen molar-refractivity contribution in [3.63, 3.8) is 0 Å². The summed E-state index contributed by atoms with van der Waals surface area (Å²) in [5, 5.41) is 9.05. The SMILES string of the molecule is C=CCN(C(=O)NC)N1CC(=O)N2C1CN(Cc1cccc3ccccc13)C(=O)[C@@H]2Cc1ccc2occc2c1. The number of piperazine rings is 1. The lowest BCUT2D eigenvalue weighted by Crippen LogP contribution is -2.65. The molecule has 0 spiro atoms. The Morgan fingerprint density at radius 1 is 1.10 bits per heavy atom. The first-order valence-corrected chi connectivity index (χ1v) is 13.4. The zero-order chi connectivity index (χ0) is 27.8. The Bertz CT molecular complexity index is 1610. The maximum Gasteiger partial charge on any atom is 0.332 e. The second-order valence-electron chi connectivity index (χ2n) is 10.2. The van der Waals surface area contributed by atoms with E-state index < -0.39 is 12.2 Å². The molecule has 0 bridgehead atoms. The highest BCUT2D eigenvalue weighted by Crippen LogP contribution is 2.31. The fourth-order valence-electron chi connectivity index (χ4n) is 5.95. The third-order valence-corrected chi connectivity index (χ3v) is 7.81. The van der Waals surface area contributed by atoms with Crippen LogP contribution in [0.15, 0.2) is 90.1 Å². The van der Waals surface area contributed by atoms with Crippen LogP contribution < -0.4 is 5.32 Å². The molecule has 2 fully saturated rings. The average molecular weight is 538 g/mol. The monoisotopic (exact) mass is 537 g/mol. The van der Waals surface area contributed by atoms with Gasteiger partial charge in [-0.25, -0.2) is 4.79 Å². The number of furan rings is 1. The van der Waals surface area contributed by atoms with Gasteiger partial charge in [0.25, 0.3) is 0 Å². The van der Waals surface area contributed by atoms with E-state index in [9.17, 15) is 14.4 Å². The number of rotatable bonds is 7. The zero-order valence-corrected chi connectivity index (χ0v) is 22.3. The summed E-state index contributed by atoms with van der Waals surface area (Å²) in [6.07, 6.45) is 3.11. The molecule has 0 aliphatic carbocycles. The number of fused-ring (bicyclic) bond motifs is 3. The molecule has 0 radical (unpaired) electrons. The van der Waals surface area contributed by atoms with Gasteiger partial charge in [-0.15, -0.1) is 6.58 Å². The number of nitrogens with zero attached hydrogens (tertiary/aromatic N) is 4. The molecule has 2 saturated heterocycles. The molecule has 0 saturated carbocycles. The van der Waals surface area contributed by atoms with Crippen LogP contribution in [0.25, 0.3) is 21.7 Å². The van der Waals surface area contributed by atoms with Gasteiger partial charge in [0.1, 0.15) is 17.8 Å². The molecule has 2 atom stereocenters. The Balaban J connectivity index is 1.38. The van der Waals surface area contributed by atoms with Crippen molar-refractivity contribution in [2.45, 2.75) is 25.2 Å². The van der Waals surface area contributed by atoms with E-state index in [1.165, 1.54) is 5.01 Å². The summed E-state index contributed by atoms with van der Waals surface area (Å²) in [5.41, 5.74) is 2.73. The van der Waals surface area contributed by atoms with E-state index in [4.69, 9.17) is 4.42 Å². The van der Waals surface area contributed by atoms with Gasteiger partial charge in [-0.3, -0.25) is 14.6 Å². The minimum Gasteiger partial charge on any atom is -0.464 e. The molecule has 1 N–H and O–H groups in total. The first-order chi connectivity index (χ1) is 19.5. The summed E-state index contributed by atoms with van der Waals surface area (Å²) in [6.45, 7) is 4.69. The Morgan fingerprint density at radius 2 is 1.93 bits per heavy atom. The van der Waals surface area contributed by atoms with Crippen LogP contribution in [0.1, 0.15) is 11.1 Å². The predicted molar refractivity (Wildman–Crippen MR) is 152 cm³/mol. The predicted octanol–water partition coefficient (Wildman–Crippen LogP) is 3.75. The standard InChI is InChI=1S/C31H31N5O4/c1-3-14-34(31(39)32-2)35-20-29(37)36-26(17-21-11-12-27-23(16-21)13-15-40-27)30(38)33(19-28(35)36)18-24-9-6-8-22-7-4-5-10-25(22)24/h3-13,15-16,26,28H,1,14,17-20H2,2H3,(H,32,39)/t26-,28?/m0/s1. The Labute approximate surface area is 232 Å². The van der Waals surface area contributed by atoms with Crippen molar-refractivity contribution >= 4 is 39.6 Å². The van der Waals surface area contributed by atoms with Crippen LogP contribution in [0.2, 0.25) is 0 Å². The van der Waals surface area contributed by atoms with Crippen molar-refractivity contribution in [2.24, 2.45) is 0 Å². The molecule has 9 heteroatoms. The molecule has 9 nitrogen and oxygen atoms in total. The lowest BCUT2D eigenvalue weighted by molar-refractivity contribution is -0.157. The van der Waals surface area contributed by atoms with E-state index in [1.807, 2.05) is 53.4 Å². The van der Waals surface area contributed by atoms with E-state index in [2.05, 4.69) is 30.1 Å². The van der Waals surface area contributed by atoms with Gasteiger partial charge in [-0.2, -0.15) is 5.01 Å². The van der Waals surface area contributed by atoms with Gasteiger partial charge >= 0.3 is 6.03 Å². The van der Waals surface area contributed by atoms with Gasteiger partial charge in [0.05, 0.1) is 25.9 Å². The molecule has 1 aromatic heterocycles. The number of carbonyl (C=O) groups excluding carboxylic acids is 3. The summed E-state index contributed by atoms with van der Waals surface area (Å²) in [5.74, 6) is -0.294. The zero-order valence-electron chi connectivity index (χ0n) is 22.3. The average Bonchev–Trinajstić information content (AvgIpc) is 3.57. The maximum atomic E-state index is 14.2. The lowest BCUT2D eigenvalue weighted by atomic mass is 9.98. The summed E-state index contributed by atoms with van der Waals surface area (Å²) < 4.78 is 5.49. The number of urea groups is 1. The second kappa shape index (κ2) is 10.5. The fraction of sp³-hybridized carbons (Fsp3) is 0.258. The van der Waals surface area contributed by atoms with Crippen molar-refractivity contribution in [1.82, 2.24) is 25.1 Å². The molecule has 4 amide bonds. The van der Waals surface area contributed by atoms with Crippen molar-refractivity contribution in [1.29, 1.82) is 0 Å². The largest absolute Gasteiger partial charge is 0.464 e. The van der Waals surface area contributed by atoms with Gasteiger partial charge in [-0.05, 0) is 40.1 Å². The smallest absolute Gasteiger partial charge is 0.332 e. The van der Waals surface area contributed by atoms with Crippen molar-refractivity contribution in [2.75, 3.05) is 26.7 Å². The molecule has 4 aromatic rings. The Hall–Kier alpha value is -4.63. The topological polar surface area (TPSA) is 89.3 Å². The minimum absolute atomic E-state index is 0.00141. The molecule has 2 aliphatic rings. The van der Waals surface area contributed by atoms with Crippen LogP contribution in [-0.2, 0) is 22.6 Å². The van der Waals surface area contributed by atoms with Gasteiger partial charge in [-0.1, -0.05) is 54.6 Å². The van der Waals surface area contributed by atoms with Gasteiger partial charge in [0, 0.05) is 25.4 Å². The third kappa shape index (κ3) is 4.48. The van der Waals surface area contributed by atoms with Crippen molar-refractivity contribution in [3.8, 4) is 0 Å². The number of carbonyl (C=O) groups is 3. The molecule has 1 unspecified atom stereocenters. The van der Waals surface area contributed by atoms with Gasteiger partial charge in [0.2, 0.25) is 11.8 Å². The molecular formula is C31H31N5O4. The van der Waals surface area contributed by atoms with Crippen LogP contribution in [0.4, 0.5) is 4.79 Å². The summed E-state index contributed by atoms with van der Waals surface area (Å²) >= 11 is 0. The van der Waals surface area contributed by atoms with E-state index in [-0.39, 0.29) is 37.5 Å². The van der Waals surface area contributed by atoms with Crippen LogP contribution in [-0.4, -0.2) is 76.6 Å². The van der Waals surface area contributed by atoms with Crippen LogP contribution in [0.3, 0.4) is 0 Å². The van der Waals surface area contributed by atoms with Crippen molar-refractivity contribution < 1.29 is 18.8 Å². The van der Waals surface area contributed by atoms with Gasteiger partial charge < -0.3 is 19.5 Å². The quantitative estimate of drug-likeness (QED) is 0.363. The summed E-state index contributed by atoms with van der Waals surface area (Å²) in [6, 6.07) is 20.9. The maximum absolute atomic E-state index is 14.2. The van der Waals surface area contributed by atoms with E-state index in [1.54, 1.807) is 29.3 Å². The number of hydrogen-bond acceptors (Lipinski definition) is 5. The number of benzene rings is 3. The molecule has 3 heterocycles. The highest BCUT2D eigenvalue weighted by Gasteiger charge is 2.52. The lowest BCUT2D eigenvalue weighted by Gasteiger charge is -2.46. The van der Waals surface area contributed by atoms with Gasteiger partial charge in [0.15, 0.2) is 0 Å². The molecule has 204 valence electrons. The van der Waals surface area contributed by atoms with Crippen LogP contribution in [0, 0.1) is 0 Å². The fourth-order valence-corrected chi connectivity index (χ4v) is 5.95. The number of amides is 4. The number of hydrogen-bond donors (Lipinski definition) is 1. The normalized spacial score (nSPS) is 19.3. The Kier molecular flexibility index (Phi) is 6.73. The Morgan fingerprint density at radius 3 is 2.75 bits per heavy atom. The first-order valence-electron chi connectivity index (χ1n) is 13.4. The van der Waals surface area contributed by atoms with Crippen molar-refractivity contribution in [3.05, 3.63) is 96.8 Å². The van der Waals surface area contributed by atoms with E-state index >= 15 is 0 Å². The molecule has 2 aliphatic heterocycles. The van der Waals surface area contributed by atoms with Crippen LogP contribution >= 0.6 is 0 Å². The molecule has 6 rings (SSSR count). The summed E-state index contributed by atoms with van der Waals surface area (Å²) in [4.78, 5) is 44.0.